The molecule has 0 aliphatic rings. The smallest absolute Gasteiger partial charge is 0.336 e. The van der Waals surface area contributed by atoms with Crippen LogP contribution in [0.4, 0.5) is 5.69 Å². The summed E-state index contributed by atoms with van der Waals surface area (Å²) in [5.74, 6) is -0.458. The molecule has 0 aliphatic carbocycles. The van der Waals surface area contributed by atoms with Crippen LogP contribution in [0.2, 0.25) is 0 Å². The molecule has 1 aromatic heterocycles. The Bertz CT molecular complexity index is 733. The highest BCUT2D eigenvalue weighted by Gasteiger charge is 2.16. The van der Waals surface area contributed by atoms with Crippen molar-refractivity contribution in [2.45, 2.75) is 13.3 Å². The highest BCUT2D eigenvalue weighted by Crippen LogP contribution is 2.25. The van der Waals surface area contributed by atoms with E-state index in [0.717, 1.165) is 0 Å². The predicted molar refractivity (Wildman–Crippen MR) is 69.5 cm³/mol. The first-order valence-corrected chi connectivity index (χ1v) is 5.82. The molecule has 2 aromatic rings. The third kappa shape index (κ3) is 3.00. The summed E-state index contributed by atoms with van der Waals surface area (Å²) < 4.78 is 9.74. The summed E-state index contributed by atoms with van der Waals surface area (Å²) >= 11 is 0. The van der Waals surface area contributed by atoms with Crippen molar-refractivity contribution in [2.24, 2.45) is 0 Å². The molecule has 0 aliphatic heterocycles. The van der Waals surface area contributed by atoms with Crippen LogP contribution in [0, 0.1) is 10.1 Å². The van der Waals surface area contributed by atoms with E-state index >= 15 is 0 Å². The Morgan fingerprint density at radius 2 is 2.15 bits per heavy atom. The number of benzene rings is 1. The first-order valence-electron chi connectivity index (χ1n) is 5.82. The minimum Gasteiger partial charge on any atom is -0.466 e. The first-order chi connectivity index (χ1) is 9.47. The third-order valence-electron chi connectivity index (χ3n) is 2.69. The molecule has 20 heavy (non-hydrogen) atoms. The summed E-state index contributed by atoms with van der Waals surface area (Å²) in [6.07, 6.45) is 0.171. The van der Waals surface area contributed by atoms with Crippen molar-refractivity contribution in [3.05, 3.63) is 50.4 Å². The van der Waals surface area contributed by atoms with Gasteiger partial charge < -0.3 is 9.15 Å². The lowest BCUT2D eigenvalue weighted by molar-refractivity contribution is -0.385. The van der Waals surface area contributed by atoms with Gasteiger partial charge in [-0.3, -0.25) is 14.9 Å². The SMILES string of the molecule is CC(=O)OCCc1cc2oc(=O)ccc2cc1[N+](=O)[O-]. The van der Waals surface area contributed by atoms with Gasteiger partial charge in [-0.1, -0.05) is 0 Å². The van der Waals surface area contributed by atoms with Crippen molar-refractivity contribution in [1.82, 2.24) is 0 Å². The molecule has 0 saturated heterocycles. The van der Waals surface area contributed by atoms with E-state index in [9.17, 15) is 19.7 Å². The topological polar surface area (TPSA) is 99.7 Å². The second-order valence-electron chi connectivity index (χ2n) is 4.12. The Labute approximate surface area is 112 Å². The maximum atomic E-state index is 11.1. The summed E-state index contributed by atoms with van der Waals surface area (Å²) in [6, 6.07) is 5.42. The van der Waals surface area contributed by atoms with E-state index in [4.69, 9.17) is 9.15 Å². The molecule has 0 atom stereocenters. The van der Waals surface area contributed by atoms with Gasteiger partial charge in [0.1, 0.15) is 5.58 Å². The van der Waals surface area contributed by atoms with E-state index in [1.165, 1.54) is 31.2 Å². The van der Waals surface area contributed by atoms with Gasteiger partial charge in [0.2, 0.25) is 0 Å². The molecule has 0 amide bonds. The number of carbonyl (C=O) groups is 1. The largest absolute Gasteiger partial charge is 0.466 e. The van der Waals surface area contributed by atoms with Gasteiger partial charge in [-0.05, 0) is 12.1 Å². The molecule has 0 radical (unpaired) electrons. The fraction of sp³-hybridized carbons (Fsp3) is 0.231. The molecule has 0 bridgehead atoms. The molecule has 0 unspecified atom stereocenters. The summed E-state index contributed by atoms with van der Waals surface area (Å²) in [4.78, 5) is 32.4. The van der Waals surface area contributed by atoms with Crippen molar-refractivity contribution in [2.75, 3.05) is 6.61 Å². The molecule has 0 N–H and O–H groups in total. The van der Waals surface area contributed by atoms with Gasteiger partial charge in [0, 0.05) is 36.4 Å². The van der Waals surface area contributed by atoms with E-state index in [0.29, 0.717) is 10.9 Å². The van der Waals surface area contributed by atoms with Crippen LogP contribution in [0.3, 0.4) is 0 Å². The minimum absolute atomic E-state index is 0.0265. The highest BCUT2D eigenvalue weighted by molar-refractivity contribution is 5.80. The number of fused-ring (bicyclic) bond motifs is 1. The lowest BCUT2D eigenvalue weighted by atomic mass is 10.1. The van der Waals surface area contributed by atoms with Gasteiger partial charge in [-0.25, -0.2) is 4.79 Å². The number of hydrogen-bond acceptors (Lipinski definition) is 6. The maximum absolute atomic E-state index is 11.1. The zero-order valence-electron chi connectivity index (χ0n) is 10.6. The lowest BCUT2D eigenvalue weighted by Gasteiger charge is -2.05. The monoisotopic (exact) mass is 277 g/mol. The van der Waals surface area contributed by atoms with Gasteiger partial charge in [-0.2, -0.15) is 0 Å². The number of nitrogens with zero attached hydrogens (tertiary/aromatic N) is 1. The van der Waals surface area contributed by atoms with Crippen molar-refractivity contribution in [3.8, 4) is 0 Å². The maximum Gasteiger partial charge on any atom is 0.336 e. The van der Waals surface area contributed by atoms with Gasteiger partial charge in [0.25, 0.3) is 5.69 Å². The molecule has 0 spiro atoms. The minimum atomic E-state index is -0.530. The van der Waals surface area contributed by atoms with Gasteiger partial charge in [0.15, 0.2) is 0 Å². The van der Waals surface area contributed by atoms with E-state index in [-0.39, 0.29) is 24.3 Å². The van der Waals surface area contributed by atoms with Crippen molar-refractivity contribution < 1.29 is 18.9 Å². The van der Waals surface area contributed by atoms with E-state index in [1.54, 1.807) is 0 Å². The van der Waals surface area contributed by atoms with Gasteiger partial charge >= 0.3 is 11.6 Å². The number of hydrogen-bond donors (Lipinski definition) is 0. The molecular weight excluding hydrogens is 266 g/mol. The Morgan fingerprint density at radius 3 is 2.80 bits per heavy atom. The van der Waals surface area contributed by atoms with Crippen LogP contribution in [-0.2, 0) is 16.0 Å². The Balaban J connectivity index is 2.43. The van der Waals surface area contributed by atoms with Crippen molar-refractivity contribution >= 4 is 22.6 Å². The normalized spacial score (nSPS) is 10.4. The molecule has 7 nitrogen and oxygen atoms in total. The zero-order valence-corrected chi connectivity index (χ0v) is 10.6. The Hall–Kier alpha value is -2.70. The molecule has 104 valence electrons. The molecule has 2 rings (SSSR count). The fourth-order valence-electron chi connectivity index (χ4n) is 1.82. The third-order valence-corrected chi connectivity index (χ3v) is 2.69. The number of nitro benzene ring substituents is 1. The summed E-state index contributed by atoms with van der Waals surface area (Å²) in [5.41, 5.74) is -0.0187. The van der Waals surface area contributed by atoms with Crippen LogP contribution in [0.1, 0.15) is 12.5 Å². The second kappa shape index (κ2) is 5.52. The zero-order chi connectivity index (χ0) is 14.7. The van der Waals surface area contributed by atoms with Gasteiger partial charge in [-0.15, -0.1) is 0 Å². The molecular formula is C13H11NO6. The van der Waals surface area contributed by atoms with E-state index in [2.05, 4.69) is 0 Å². The lowest BCUT2D eigenvalue weighted by Crippen LogP contribution is -2.05. The van der Waals surface area contributed by atoms with E-state index in [1.807, 2.05) is 0 Å². The summed E-state index contributed by atoms with van der Waals surface area (Å²) in [5, 5.41) is 11.5. The molecule has 1 heterocycles. The van der Waals surface area contributed by atoms with Crippen LogP contribution in [0.15, 0.2) is 33.5 Å². The highest BCUT2D eigenvalue weighted by atomic mass is 16.6. The number of rotatable bonds is 4. The summed E-state index contributed by atoms with van der Waals surface area (Å²) in [6.45, 7) is 1.28. The molecule has 0 saturated carbocycles. The average Bonchev–Trinajstić information content (AvgIpc) is 2.37. The molecule has 7 heteroatoms. The average molecular weight is 277 g/mol. The number of nitro groups is 1. The predicted octanol–water partition coefficient (Wildman–Crippen LogP) is 1.81. The van der Waals surface area contributed by atoms with Crippen LogP contribution >= 0.6 is 0 Å². The van der Waals surface area contributed by atoms with Crippen LogP contribution in [-0.4, -0.2) is 17.5 Å². The number of carbonyl (C=O) groups excluding carboxylic acids is 1. The van der Waals surface area contributed by atoms with Crippen molar-refractivity contribution in [3.63, 3.8) is 0 Å². The first kappa shape index (κ1) is 13.7. The molecule has 0 fully saturated rings. The second-order valence-corrected chi connectivity index (χ2v) is 4.12. The fourth-order valence-corrected chi connectivity index (χ4v) is 1.82. The quantitative estimate of drug-likeness (QED) is 0.365. The Kier molecular flexibility index (Phi) is 3.79. The van der Waals surface area contributed by atoms with Crippen molar-refractivity contribution in [1.29, 1.82) is 0 Å². The standard InChI is InChI=1S/C13H11NO6/c1-8(15)19-5-4-9-7-12-10(2-3-13(16)20-12)6-11(9)14(17)18/h2-3,6-7H,4-5H2,1H3. The number of esters is 1. The molecule has 1 aromatic carbocycles. The van der Waals surface area contributed by atoms with E-state index < -0.39 is 16.5 Å². The van der Waals surface area contributed by atoms with Crippen LogP contribution < -0.4 is 5.63 Å². The Morgan fingerprint density at radius 1 is 1.40 bits per heavy atom. The van der Waals surface area contributed by atoms with Crippen LogP contribution in [0.25, 0.3) is 11.0 Å². The number of ether oxygens (including phenoxy) is 1. The van der Waals surface area contributed by atoms with Crippen LogP contribution in [0.5, 0.6) is 0 Å². The van der Waals surface area contributed by atoms with Gasteiger partial charge in [0.05, 0.1) is 11.5 Å². The summed E-state index contributed by atoms with van der Waals surface area (Å²) in [7, 11) is 0.